The number of halogens is 2. The van der Waals surface area contributed by atoms with E-state index in [9.17, 15) is 22.0 Å². The number of esters is 1. The molecule has 118 valence electrons. The summed E-state index contributed by atoms with van der Waals surface area (Å²) in [6, 6.07) is 3.58. The quantitative estimate of drug-likeness (QED) is 0.863. The second-order valence-electron chi connectivity index (χ2n) is 4.29. The van der Waals surface area contributed by atoms with Crippen LogP contribution in [0.4, 0.5) is 13.8 Å². The molecular weight excluding hydrogens is 336 g/mol. The van der Waals surface area contributed by atoms with Crippen LogP contribution in [0.3, 0.4) is 0 Å². The van der Waals surface area contributed by atoms with E-state index in [4.69, 9.17) is 0 Å². The Morgan fingerprint density at radius 1 is 1.27 bits per heavy atom. The zero-order valence-electron chi connectivity index (χ0n) is 11.5. The number of carbonyl (C=O) groups excluding carboxylic acids is 1. The number of thiophene rings is 1. The Bertz CT molecular complexity index is 831. The van der Waals surface area contributed by atoms with Gasteiger partial charge in [-0.1, -0.05) is 0 Å². The van der Waals surface area contributed by atoms with Gasteiger partial charge in [0.1, 0.15) is 26.4 Å². The smallest absolute Gasteiger partial charge is 0.348 e. The van der Waals surface area contributed by atoms with Crippen LogP contribution in [-0.2, 0) is 14.8 Å². The van der Waals surface area contributed by atoms with Gasteiger partial charge in [-0.05, 0) is 30.7 Å². The van der Waals surface area contributed by atoms with Gasteiger partial charge in [-0.3, -0.25) is 4.72 Å². The zero-order valence-corrected chi connectivity index (χ0v) is 13.1. The number of nitrogens with one attached hydrogen (secondary N) is 1. The molecular formula is C13H11F2NO4S2. The first kappa shape index (κ1) is 16.4. The zero-order chi connectivity index (χ0) is 16.5. The number of sulfonamides is 1. The third-order valence-corrected chi connectivity index (χ3v) is 5.37. The first-order chi connectivity index (χ1) is 10.2. The highest BCUT2D eigenvalue weighted by atomic mass is 32.2. The van der Waals surface area contributed by atoms with E-state index in [0.29, 0.717) is 11.6 Å². The average Bonchev–Trinajstić information content (AvgIpc) is 2.77. The van der Waals surface area contributed by atoms with Crippen molar-refractivity contribution in [2.75, 3.05) is 11.8 Å². The highest BCUT2D eigenvalue weighted by molar-refractivity contribution is 7.93. The van der Waals surface area contributed by atoms with Crippen molar-refractivity contribution in [2.24, 2.45) is 0 Å². The summed E-state index contributed by atoms with van der Waals surface area (Å²) in [4.78, 5) is 11.0. The Morgan fingerprint density at radius 2 is 1.95 bits per heavy atom. The summed E-state index contributed by atoms with van der Waals surface area (Å²) in [6.07, 6.45) is 0. The molecule has 0 radical (unpaired) electrons. The monoisotopic (exact) mass is 347 g/mol. The van der Waals surface area contributed by atoms with E-state index in [1.165, 1.54) is 13.2 Å². The molecule has 9 heteroatoms. The van der Waals surface area contributed by atoms with E-state index in [1.54, 1.807) is 6.92 Å². The van der Waals surface area contributed by atoms with Crippen molar-refractivity contribution in [2.45, 2.75) is 11.8 Å². The molecule has 0 bridgehead atoms. The highest BCUT2D eigenvalue weighted by Gasteiger charge is 2.22. The van der Waals surface area contributed by atoms with Crippen molar-refractivity contribution in [1.82, 2.24) is 0 Å². The SMILES string of the molecule is COC(=O)c1sc(NS(=O)(=O)c2ccc(F)cc2F)cc1C. The fourth-order valence-electron chi connectivity index (χ4n) is 1.71. The van der Waals surface area contributed by atoms with Crippen LogP contribution < -0.4 is 4.72 Å². The van der Waals surface area contributed by atoms with E-state index >= 15 is 0 Å². The van der Waals surface area contributed by atoms with Gasteiger partial charge in [0, 0.05) is 6.07 Å². The van der Waals surface area contributed by atoms with Gasteiger partial charge < -0.3 is 4.74 Å². The Balaban J connectivity index is 2.35. The lowest BCUT2D eigenvalue weighted by Crippen LogP contribution is -2.14. The van der Waals surface area contributed by atoms with Crippen molar-refractivity contribution in [3.8, 4) is 0 Å². The summed E-state index contributed by atoms with van der Waals surface area (Å²) < 4.78 is 57.4. The Morgan fingerprint density at radius 3 is 2.55 bits per heavy atom. The van der Waals surface area contributed by atoms with Crippen LogP contribution in [-0.4, -0.2) is 21.5 Å². The van der Waals surface area contributed by atoms with Gasteiger partial charge in [-0.25, -0.2) is 22.0 Å². The normalized spacial score (nSPS) is 11.3. The lowest BCUT2D eigenvalue weighted by molar-refractivity contribution is 0.0605. The molecule has 1 heterocycles. The number of anilines is 1. The van der Waals surface area contributed by atoms with E-state index in [2.05, 4.69) is 9.46 Å². The molecule has 0 aliphatic carbocycles. The fourth-order valence-corrected chi connectivity index (χ4v) is 4.04. The minimum atomic E-state index is -4.23. The number of carbonyl (C=O) groups is 1. The van der Waals surface area contributed by atoms with E-state index in [-0.39, 0.29) is 9.88 Å². The average molecular weight is 347 g/mol. The molecule has 0 saturated heterocycles. The molecule has 0 atom stereocenters. The first-order valence-electron chi connectivity index (χ1n) is 5.91. The number of hydrogen-bond donors (Lipinski definition) is 1. The summed E-state index contributed by atoms with van der Waals surface area (Å²) in [5.41, 5.74) is 0.522. The molecule has 0 fully saturated rings. The number of aryl methyl sites for hydroxylation is 1. The Kier molecular flexibility index (Phi) is 4.47. The predicted molar refractivity (Wildman–Crippen MR) is 77.6 cm³/mol. The van der Waals surface area contributed by atoms with E-state index in [1.807, 2.05) is 0 Å². The molecule has 2 rings (SSSR count). The van der Waals surface area contributed by atoms with E-state index in [0.717, 1.165) is 23.5 Å². The van der Waals surface area contributed by atoms with Crippen molar-refractivity contribution in [3.05, 3.63) is 46.3 Å². The van der Waals surface area contributed by atoms with Crippen molar-refractivity contribution < 1.29 is 26.7 Å². The number of hydrogen-bond acceptors (Lipinski definition) is 5. The molecule has 0 aliphatic heterocycles. The fraction of sp³-hybridized carbons (Fsp3) is 0.154. The van der Waals surface area contributed by atoms with Crippen LogP contribution in [0.15, 0.2) is 29.2 Å². The molecule has 0 saturated carbocycles. The lowest BCUT2D eigenvalue weighted by atomic mass is 10.3. The van der Waals surface area contributed by atoms with Crippen molar-refractivity contribution in [1.29, 1.82) is 0 Å². The van der Waals surface area contributed by atoms with E-state index < -0.39 is 32.5 Å². The third kappa shape index (κ3) is 3.25. The largest absolute Gasteiger partial charge is 0.465 e. The van der Waals surface area contributed by atoms with Gasteiger partial charge in [0.05, 0.1) is 7.11 Å². The maximum atomic E-state index is 13.6. The Labute approximate surface area is 129 Å². The molecule has 0 aliphatic rings. The highest BCUT2D eigenvalue weighted by Crippen LogP contribution is 2.29. The minimum absolute atomic E-state index is 0.127. The molecule has 0 spiro atoms. The van der Waals surface area contributed by atoms with Crippen molar-refractivity contribution >= 4 is 32.3 Å². The van der Waals surface area contributed by atoms with Crippen LogP contribution >= 0.6 is 11.3 Å². The predicted octanol–water partition coefficient (Wildman–Crippen LogP) is 2.92. The molecule has 2 aromatic rings. The molecule has 22 heavy (non-hydrogen) atoms. The van der Waals surface area contributed by atoms with Crippen LogP contribution in [0, 0.1) is 18.6 Å². The van der Waals surface area contributed by atoms with Gasteiger partial charge in [0.2, 0.25) is 0 Å². The molecule has 1 aromatic carbocycles. The molecule has 0 unspecified atom stereocenters. The summed E-state index contributed by atoms with van der Waals surface area (Å²) >= 11 is 0.861. The van der Waals surface area contributed by atoms with Gasteiger partial charge in [0.25, 0.3) is 10.0 Å². The van der Waals surface area contributed by atoms with Gasteiger partial charge in [-0.15, -0.1) is 11.3 Å². The summed E-state index contributed by atoms with van der Waals surface area (Å²) in [5.74, 6) is -2.67. The second-order valence-corrected chi connectivity index (χ2v) is 7.00. The summed E-state index contributed by atoms with van der Waals surface area (Å²) in [6.45, 7) is 1.61. The van der Waals surface area contributed by atoms with Crippen LogP contribution in [0.2, 0.25) is 0 Å². The number of ether oxygens (including phenoxy) is 1. The van der Waals surface area contributed by atoms with Gasteiger partial charge in [-0.2, -0.15) is 0 Å². The van der Waals surface area contributed by atoms with Gasteiger partial charge >= 0.3 is 5.97 Å². The third-order valence-electron chi connectivity index (χ3n) is 2.71. The molecule has 0 amide bonds. The topological polar surface area (TPSA) is 72.5 Å². The van der Waals surface area contributed by atoms with Crippen LogP contribution in [0.5, 0.6) is 0 Å². The standard InChI is InChI=1S/C13H11F2NO4S2/c1-7-5-11(21-12(7)13(17)20-2)16-22(18,19)10-4-3-8(14)6-9(10)15/h3-6,16H,1-2H3. The molecule has 1 N–H and O–H groups in total. The molecule has 1 aromatic heterocycles. The molecule has 5 nitrogen and oxygen atoms in total. The summed E-state index contributed by atoms with van der Waals surface area (Å²) in [7, 11) is -3.02. The Hall–Kier alpha value is -2.00. The second kappa shape index (κ2) is 6.01. The van der Waals surface area contributed by atoms with Gasteiger partial charge in [0.15, 0.2) is 0 Å². The number of methoxy groups -OCH3 is 1. The maximum absolute atomic E-state index is 13.6. The van der Waals surface area contributed by atoms with Crippen molar-refractivity contribution in [3.63, 3.8) is 0 Å². The number of rotatable bonds is 4. The van der Waals surface area contributed by atoms with Crippen LogP contribution in [0.1, 0.15) is 15.2 Å². The maximum Gasteiger partial charge on any atom is 0.348 e. The first-order valence-corrected chi connectivity index (χ1v) is 8.21. The van der Waals surface area contributed by atoms with Crippen LogP contribution in [0.25, 0.3) is 0 Å². The minimum Gasteiger partial charge on any atom is -0.465 e. The lowest BCUT2D eigenvalue weighted by Gasteiger charge is -2.06. The number of benzene rings is 1. The summed E-state index contributed by atoms with van der Waals surface area (Å²) in [5, 5.41) is 0.127.